The van der Waals surface area contributed by atoms with E-state index in [2.05, 4.69) is 5.32 Å². The number of ether oxygens (including phenoxy) is 1. The minimum Gasteiger partial charge on any atom is -0.381 e. The fourth-order valence-electron chi connectivity index (χ4n) is 1.43. The second kappa shape index (κ2) is 5.49. The van der Waals surface area contributed by atoms with Crippen molar-refractivity contribution < 1.29 is 22.7 Å². The van der Waals surface area contributed by atoms with Crippen molar-refractivity contribution in [3.63, 3.8) is 0 Å². The summed E-state index contributed by atoms with van der Waals surface area (Å²) < 4.78 is 41.2. The van der Waals surface area contributed by atoms with E-state index < -0.39 is 18.8 Å². The van der Waals surface area contributed by atoms with Gasteiger partial charge in [0, 0.05) is 25.7 Å². The molecule has 1 saturated heterocycles. The highest BCUT2D eigenvalue weighted by atomic mass is 19.4. The van der Waals surface area contributed by atoms with Crippen molar-refractivity contribution in [2.75, 3.05) is 19.8 Å². The van der Waals surface area contributed by atoms with E-state index in [0.29, 0.717) is 26.1 Å². The third kappa shape index (κ3) is 3.97. The van der Waals surface area contributed by atoms with Crippen LogP contribution in [0, 0.1) is 5.92 Å². The minimum absolute atomic E-state index is 0.255. The van der Waals surface area contributed by atoms with Gasteiger partial charge >= 0.3 is 6.18 Å². The van der Waals surface area contributed by atoms with Crippen molar-refractivity contribution in [3.05, 3.63) is 0 Å². The second-order valence-electron chi connectivity index (χ2n) is 3.78. The molecule has 1 amide bonds. The molecule has 1 aliphatic heterocycles. The molecule has 0 radical (unpaired) electrons. The molecule has 1 unspecified atom stereocenters. The lowest BCUT2D eigenvalue weighted by molar-refractivity contribution is -0.148. The van der Waals surface area contributed by atoms with E-state index in [0.717, 1.165) is 0 Å². The van der Waals surface area contributed by atoms with Gasteiger partial charge in [-0.15, -0.1) is 0 Å². The fourth-order valence-corrected chi connectivity index (χ4v) is 1.43. The lowest BCUT2D eigenvalue weighted by Crippen LogP contribution is -2.48. The van der Waals surface area contributed by atoms with Gasteiger partial charge in [0.15, 0.2) is 0 Å². The zero-order chi connectivity index (χ0) is 12.2. The van der Waals surface area contributed by atoms with Crippen LogP contribution < -0.4 is 11.1 Å². The number of rotatable bonds is 3. The highest BCUT2D eigenvalue weighted by Crippen LogP contribution is 2.18. The molecule has 0 saturated carbocycles. The molecule has 0 aromatic rings. The van der Waals surface area contributed by atoms with E-state index in [1.165, 1.54) is 0 Å². The molecular weight excluding hydrogens is 225 g/mol. The zero-order valence-corrected chi connectivity index (χ0v) is 8.72. The van der Waals surface area contributed by atoms with Gasteiger partial charge in [0.25, 0.3) is 0 Å². The lowest BCUT2D eigenvalue weighted by Gasteiger charge is -2.22. The van der Waals surface area contributed by atoms with Crippen molar-refractivity contribution >= 4 is 5.91 Å². The molecule has 16 heavy (non-hydrogen) atoms. The van der Waals surface area contributed by atoms with Gasteiger partial charge in [0.1, 0.15) is 6.04 Å². The van der Waals surface area contributed by atoms with Crippen LogP contribution in [0.2, 0.25) is 0 Å². The first-order valence-electron chi connectivity index (χ1n) is 5.09. The van der Waals surface area contributed by atoms with E-state index in [9.17, 15) is 18.0 Å². The molecule has 1 heterocycles. The van der Waals surface area contributed by atoms with Gasteiger partial charge in [0.2, 0.25) is 5.91 Å². The van der Waals surface area contributed by atoms with Gasteiger partial charge < -0.3 is 15.8 Å². The third-order valence-corrected chi connectivity index (χ3v) is 2.51. The molecule has 0 aromatic carbocycles. The van der Waals surface area contributed by atoms with E-state index in [-0.39, 0.29) is 11.8 Å². The van der Waals surface area contributed by atoms with Gasteiger partial charge in [-0.05, 0) is 12.8 Å². The van der Waals surface area contributed by atoms with E-state index in [1.807, 2.05) is 0 Å². The normalized spacial score (nSPS) is 20.5. The number of hydrogen-bond acceptors (Lipinski definition) is 3. The van der Waals surface area contributed by atoms with Gasteiger partial charge in [-0.2, -0.15) is 13.2 Å². The molecule has 1 rings (SSSR count). The van der Waals surface area contributed by atoms with E-state index in [4.69, 9.17) is 10.5 Å². The predicted molar refractivity (Wildman–Crippen MR) is 50.6 cm³/mol. The topological polar surface area (TPSA) is 64.3 Å². The molecule has 1 fully saturated rings. The van der Waals surface area contributed by atoms with Gasteiger partial charge in [0.05, 0.1) is 0 Å². The number of hydrogen-bond donors (Lipinski definition) is 2. The summed E-state index contributed by atoms with van der Waals surface area (Å²) in [6, 6.07) is -2.00. The quantitative estimate of drug-likeness (QED) is 0.751. The summed E-state index contributed by atoms with van der Waals surface area (Å²) in [7, 11) is 0. The van der Waals surface area contributed by atoms with Crippen LogP contribution in [0.1, 0.15) is 12.8 Å². The summed E-state index contributed by atoms with van der Waals surface area (Å²) in [5.74, 6) is -0.628. The molecular formula is C9H15F3N2O2. The molecule has 0 aromatic heterocycles. The first-order chi connectivity index (χ1) is 7.41. The number of alkyl halides is 3. The van der Waals surface area contributed by atoms with Crippen LogP contribution in [0.5, 0.6) is 0 Å². The van der Waals surface area contributed by atoms with Crippen LogP contribution in [-0.2, 0) is 9.53 Å². The highest BCUT2D eigenvalue weighted by molar-refractivity contribution is 5.78. The number of carbonyl (C=O) groups excluding carboxylic acids is 1. The molecule has 1 aliphatic rings. The molecule has 0 spiro atoms. The van der Waals surface area contributed by atoms with Crippen molar-refractivity contribution in [3.8, 4) is 0 Å². The average molecular weight is 240 g/mol. The van der Waals surface area contributed by atoms with Crippen LogP contribution >= 0.6 is 0 Å². The molecule has 0 aliphatic carbocycles. The first kappa shape index (κ1) is 13.2. The summed E-state index contributed by atoms with van der Waals surface area (Å²) >= 11 is 0. The Morgan fingerprint density at radius 2 is 2.00 bits per heavy atom. The van der Waals surface area contributed by atoms with Crippen LogP contribution in [0.15, 0.2) is 0 Å². The maximum absolute atomic E-state index is 12.0. The maximum atomic E-state index is 12.0. The summed E-state index contributed by atoms with van der Waals surface area (Å²) in [4.78, 5) is 11.4. The maximum Gasteiger partial charge on any atom is 0.405 e. The van der Waals surface area contributed by atoms with Gasteiger partial charge in [-0.1, -0.05) is 0 Å². The zero-order valence-electron chi connectivity index (χ0n) is 8.72. The minimum atomic E-state index is -4.47. The Kier molecular flexibility index (Phi) is 4.55. The Morgan fingerprint density at radius 1 is 1.44 bits per heavy atom. The number of nitrogens with two attached hydrogens (primary N) is 1. The number of nitrogens with one attached hydrogen (secondary N) is 1. The van der Waals surface area contributed by atoms with Crippen molar-refractivity contribution in [2.45, 2.75) is 25.1 Å². The number of carbonyl (C=O) groups is 1. The third-order valence-electron chi connectivity index (χ3n) is 2.51. The van der Waals surface area contributed by atoms with Crippen molar-refractivity contribution in [1.29, 1.82) is 0 Å². The first-order valence-corrected chi connectivity index (χ1v) is 5.09. The van der Waals surface area contributed by atoms with Gasteiger partial charge in [-0.25, -0.2) is 0 Å². The van der Waals surface area contributed by atoms with Crippen molar-refractivity contribution in [1.82, 2.24) is 5.32 Å². The standard InChI is InChI=1S/C9H15F3N2O2/c10-9(11,12)7(13)5-14-8(15)6-1-3-16-4-2-6/h6-7H,1-5,13H2,(H,14,15). The predicted octanol–water partition coefficient (Wildman–Crippen LogP) is 0.419. The Bertz CT molecular complexity index is 239. The number of halogens is 3. The summed E-state index contributed by atoms with van der Waals surface area (Å²) in [5, 5.41) is 2.22. The Hall–Kier alpha value is -0.820. The largest absolute Gasteiger partial charge is 0.405 e. The average Bonchev–Trinajstić information content (AvgIpc) is 2.25. The smallest absolute Gasteiger partial charge is 0.381 e. The summed E-state index contributed by atoms with van der Waals surface area (Å²) in [6.45, 7) is 0.381. The van der Waals surface area contributed by atoms with Gasteiger partial charge in [-0.3, -0.25) is 4.79 Å². The van der Waals surface area contributed by atoms with Crippen molar-refractivity contribution in [2.24, 2.45) is 11.7 Å². The molecule has 3 N–H and O–H groups in total. The second-order valence-corrected chi connectivity index (χ2v) is 3.78. The van der Waals surface area contributed by atoms with Crippen LogP contribution in [0.25, 0.3) is 0 Å². The summed E-state index contributed by atoms with van der Waals surface area (Å²) in [5.41, 5.74) is 4.86. The monoisotopic (exact) mass is 240 g/mol. The van der Waals surface area contributed by atoms with Crippen LogP contribution in [-0.4, -0.2) is 37.9 Å². The van der Waals surface area contributed by atoms with Crippen LogP contribution in [0.4, 0.5) is 13.2 Å². The number of amides is 1. The molecule has 7 heteroatoms. The van der Waals surface area contributed by atoms with Crippen LogP contribution in [0.3, 0.4) is 0 Å². The van der Waals surface area contributed by atoms with E-state index in [1.54, 1.807) is 0 Å². The highest BCUT2D eigenvalue weighted by Gasteiger charge is 2.37. The SMILES string of the molecule is NC(CNC(=O)C1CCOCC1)C(F)(F)F. The molecule has 4 nitrogen and oxygen atoms in total. The lowest BCUT2D eigenvalue weighted by atomic mass is 9.99. The molecule has 94 valence electrons. The molecule has 1 atom stereocenters. The Labute approximate surface area is 91.3 Å². The Balaban J connectivity index is 2.29. The molecule has 0 bridgehead atoms. The van der Waals surface area contributed by atoms with E-state index >= 15 is 0 Å². The fraction of sp³-hybridized carbons (Fsp3) is 0.889. The summed E-state index contributed by atoms with van der Waals surface area (Å²) in [6.07, 6.45) is -3.37. The Morgan fingerprint density at radius 3 is 2.50 bits per heavy atom.